The maximum absolute atomic E-state index is 13.3. The van der Waals surface area contributed by atoms with Crippen molar-refractivity contribution in [1.29, 1.82) is 0 Å². The molecule has 0 aromatic carbocycles. The molecule has 10 nitrogen and oxygen atoms in total. The van der Waals surface area contributed by atoms with Crippen LogP contribution in [0.1, 0.15) is 40.5 Å². The highest BCUT2D eigenvalue weighted by molar-refractivity contribution is 5.92. The molecule has 30 heavy (non-hydrogen) atoms. The van der Waals surface area contributed by atoms with Crippen LogP contribution in [-0.2, 0) is 28.6 Å². The third-order valence-corrected chi connectivity index (χ3v) is 8.75. The molecule has 5 fully saturated rings. The van der Waals surface area contributed by atoms with E-state index in [9.17, 15) is 34.8 Å². The summed E-state index contributed by atoms with van der Waals surface area (Å²) in [7, 11) is 0. The molecule has 0 aromatic heterocycles. The maximum atomic E-state index is 13.3. The van der Waals surface area contributed by atoms with Crippen molar-refractivity contribution in [2.75, 3.05) is 0 Å². The number of rotatable bonds is 2. The third-order valence-electron chi connectivity index (χ3n) is 8.75. The molecule has 0 bridgehead atoms. The Morgan fingerprint density at radius 1 is 1.20 bits per heavy atom. The van der Waals surface area contributed by atoms with Gasteiger partial charge in [0.2, 0.25) is 11.9 Å². The number of carbonyl (C=O) groups is 3. The molecule has 166 valence electrons. The quantitative estimate of drug-likeness (QED) is 0.411. The summed E-state index contributed by atoms with van der Waals surface area (Å²) < 4.78 is 17.0. The maximum Gasteiger partial charge on any atom is 0.342 e. The molecule has 4 N–H and O–H groups in total. The number of carboxylic acid groups (broad SMARTS) is 1. The van der Waals surface area contributed by atoms with Gasteiger partial charge in [0.1, 0.15) is 11.7 Å². The molecular weight excluding hydrogens is 400 g/mol. The average molecular weight is 426 g/mol. The molecule has 10 heteroatoms. The molecule has 1 unspecified atom stereocenters. The Morgan fingerprint density at radius 3 is 2.40 bits per heavy atom. The number of carboxylic acids is 1. The van der Waals surface area contributed by atoms with Gasteiger partial charge in [-0.1, -0.05) is 20.8 Å². The fourth-order valence-electron chi connectivity index (χ4n) is 7.72. The van der Waals surface area contributed by atoms with E-state index in [1.807, 2.05) is 20.8 Å². The van der Waals surface area contributed by atoms with E-state index in [-0.39, 0.29) is 12.8 Å². The van der Waals surface area contributed by atoms with Gasteiger partial charge in [-0.3, -0.25) is 4.79 Å². The Morgan fingerprint density at radius 2 is 1.83 bits per heavy atom. The molecule has 3 saturated heterocycles. The van der Waals surface area contributed by atoms with Gasteiger partial charge in [0.05, 0.1) is 22.9 Å². The van der Waals surface area contributed by atoms with Crippen molar-refractivity contribution >= 4 is 17.9 Å². The van der Waals surface area contributed by atoms with Gasteiger partial charge in [-0.05, 0) is 31.1 Å². The lowest BCUT2D eigenvalue weighted by molar-refractivity contribution is -0.253. The second-order valence-electron chi connectivity index (χ2n) is 10.5. The highest BCUT2D eigenvalue weighted by Crippen LogP contribution is 2.83. The zero-order valence-electron chi connectivity index (χ0n) is 17.1. The fraction of sp³-hybridized carbons (Fsp3) is 0.850. The molecular formula is C20H26O10. The number of hydrogen-bond acceptors (Lipinski definition) is 9. The molecule has 0 amide bonds. The summed E-state index contributed by atoms with van der Waals surface area (Å²) in [6.07, 6.45) is -5.60. The number of aliphatic hydroxyl groups is 3. The van der Waals surface area contributed by atoms with Crippen LogP contribution in [0.3, 0.4) is 0 Å². The van der Waals surface area contributed by atoms with Crippen LogP contribution in [0.15, 0.2) is 0 Å². The predicted octanol–water partition coefficient (Wildman–Crippen LogP) is -0.820. The van der Waals surface area contributed by atoms with E-state index in [1.54, 1.807) is 0 Å². The first kappa shape index (κ1) is 20.2. The summed E-state index contributed by atoms with van der Waals surface area (Å²) in [4.78, 5) is 37.6. The molecule has 5 aliphatic rings. The summed E-state index contributed by atoms with van der Waals surface area (Å²) in [6, 6.07) is 0. The molecule has 2 saturated carbocycles. The van der Waals surface area contributed by atoms with Crippen molar-refractivity contribution in [2.45, 2.75) is 76.3 Å². The minimum absolute atomic E-state index is 0.259. The van der Waals surface area contributed by atoms with E-state index < -0.39 is 81.8 Å². The monoisotopic (exact) mass is 426 g/mol. The third kappa shape index (κ3) is 1.57. The Kier molecular flexibility index (Phi) is 3.48. The minimum Gasteiger partial charge on any atom is -0.481 e. The second-order valence-corrected chi connectivity index (χ2v) is 10.5. The first-order valence-corrected chi connectivity index (χ1v) is 10.1. The van der Waals surface area contributed by atoms with E-state index in [0.717, 1.165) is 0 Å². The number of esters is 2. The van der Waals surface area contributed by atoms with Gasteiger partial charge in [-0.2, -0.15) is 0 Å². The van der Waals surface area contributed by atoms with Crippen molar-refractivity contribution < 1.29 is 49.0 Å². The molecule has 3 aliphatic heterocycles. The average Bonchev–Trinajstić information content (AvgIpc) is 3.28. The van der Waals surface area contributed by atoms with E-state index in [2.05, 4.69) is 0 Å². The summed E-state index contributed by atoms with van der Waals surface area (Å²) in [5.41, 5.74) is -8.33. The molecule has 2 spiro atoms. The summed E-state index contributed by atoms with van der Waals surface area (Å²) in [5, 5.41) is 43.5. The van der Waals surface area contributed by atoms with Crippen molar-refractivity contribution in [2.24, 2.45) is 28.1 Å². The van der Waals surface area contributed by atoms with E-state index >= 15 is 0 Å². The molecule has 5 rings (SSSR count). The zero-order valence-corrected chi connectivity index (χ0v) is 17.1. The van der Waals surface area contributed by atoms with E-state index in [0.29, 0.717) is 0 Å². The van der Waals surface area contributed by atoms with Gasteiger partial charge in [0, 0.05) is 0 Å². The van der Waals surface area contributed by atoms with Gasteiger partial charge in [0.15, 0.2) is 6.10 Å². The molecule has 0 radical (unpaired) electrons. The van der Waals surface area contributed by atoms with Crippen LogP contribution in [0.25, 0.3) is 0 Å². The van der Waals surface area contributed by atoms with Gasteiger partial charge >= 0.3 is 17.9 Å². The van der Waals surface area contributed by atoms with Crippen molar-refractivity contribution in [3.05, 3.63) is 0 Å². The lowest BCUT2D eigenvalue weighted by Gasteiger charge is -2.46. The predicted molar refractivity (Wildman–Crippen MR) is 94.4 cm³/mol. The molecule has 2 aliphatic carbocycles. The van der Waals surface area contributed by atoms with Gasteiger partial charge in [-0.25, -0.2) is 9.59 Å². The van der Waals surface area contributed by atoms with Crippen LogP contribution < -0.4 is 0 Å². The number of ether oxygens (including phenoxy) is 3. The number of aliphatic hydroxyl groups excluding tert-OH is 2. The Labute approximate surface area is 172 Å². The first-order chi connectivity index (χ1) is 13.7. The van der Waals surface area contributed by atoms with Crippen LogP contribution in [-0.4, -0.2) is 74.1 Å². The smallest absolute Gasteiger partial charge is 0.342 e. The topological polar surface area (TPSA) is 160 Å². The fourth-order valence-corrected chi connectivity index (χ4v) is 7.72. The van der Waals surface area contributed by atoms with Crippen LogP contribution in [0, 0.1) is 28.1 Å². The van der Waals surface area contributed by atoms with Crippen LogP contribution in [0.4, 0.5) is 0 Å². The highest BCUT2D eigenvalue weighted by Gasteiger charge is 2.99. The lowest BCUT2D eigenvalue weighted by atomic mass is 9.51. The standard InChI is InChI=1S/C20H26O10/c1-7(12(23)24)19(27)9(21)6-17-10-5-8(16(2,3)4)18(17)11(22)13(25)29-15(18)30-20(17,19)14(26)28-10/h7-11,15,21-22,27H,5-6H2,1-4H3,(H,23,24)/t7-,8+,9+,10+,11+,15+,17-,18?,19-,20-/m1/s1. The van der Waals surface area contributed by atoms with Crippen LogP contribution in [0.2, 0.25) is 0 Å². The van der Waals surface area contributed by atoms with Gasteiger partial charge < -0.3 is 34.6 Å². The van der Waals surface area contributed by atoms with Crippen LogP contribution >= 0.6 is 0 Å². The first-order valence-electron chi connectivity index (χ1n) is 10.1. The van der Waals surface area contributed by atoms with Crippen molar-refractivity contribution in [1.82, 2.24) is 0 Å². The van der Waals surface area contributed by atoms with Gasteiger partial charge in [-0.15, -0.1) is 0 Å². The number of hydrogen-bond donors (Lipinski definition) is 4. The van der Waals surface area contributed by atoms with Gasteiger partial charge in [0.25, 0.3) is 0 Å². The lowest BCUT2D eigenvalue weighted by Crippen LogP contribution is -2.68. The minimum atomic E-state index is -2.54. The van der Waals surface area contributed by atoms with Crippen LogP contribution in [0.5, 0.6) is 0 Å². The molecule has 10 atom stereocenters. The van der Waals surface area contributed by atoms with E-state index in [1.165, 1.54) is 6.92 Å². The number of carbonyl (C=O) groups excluding carboxylic acids is 2. The Bertz CT molecular complexity index is 879. The zero-order chi connectivity index (χ0) is 22.2. The summed E-state index contributed by atoms with van der Waals surface area (Å²) >= 11 is 0. The number of aliphatic carboxylic acids is 1. The van der Waals surface area contributed by atoms with Crippen molar-refractivity contribution in [3.63, 3.8) is 0 Å². The van der Waals surface area contributed by atoms with Crippen molar-refractivity contribution in [3.8, 4) is 0 Å². The largest absolute Gasteiger partial charge is 0.481 e. The Hall–Kier alpha value is -1.75. The summed E-state index contributed by atoms with van der Waals surface area (Å²) in [6.45, 7) is 6.92. The molecule has 3 heterocycles. The molecule has 0 aromatic rings. The highest BCUT2D eigenvalue weighted by atomic mass is 16.8. The second kappa shape index (κ2) is 5.17. The summed E-state index contributed by atoms with van der Waals surface area (Å²) in [5.74, 6) is -5.38. The Balaban J connectivity index is 1.85. The SMILES string of the molecule is C[C@H](C(=O)O)[C@@]1(O)[C@@H](O)C[C@@]23[C@@H]4C[C@@H](C(C)(C)C)C25[C@@H](OC(=O)[C@@H]5O)O[C@@]13C(=O)O4. The normalized spacial score (nSPS) is 54.4. The van der Waals surface area contributed by atoms with E-state index in [4.69, 9.17) is 14.2 Å².